The molecule has 2 saturated heterocycles. The Labute approximate surface area is 205 Å². The summed E-state index contributed by atoms with van der Waals surface area (Å²) in [4.78, 5) is 28.9. The molecule has 2 aromatic heterocycles. The lowest BCUT2D eigenvalue weighted by Crippen LogP contribution is -2.50. The summed E-state index contributed by atoms with van der Waals surface area (Å²) < 4.78 is 5.85. The second-order valence-corrected chi connectivity index (χ2v) is 9.75. The van der Waals surface area contributed by atoms with Crippen molar-refractivity contribution in [2.75, 3.05) is 50.7 Å². The second kappa shape index (κ2) is 11.0. The van der Waals surface area contributed by atoms with Crippen LogP contribution in [0, 0.1) is 5.92 Å². The third-order valence-corrected chi connectivity index (χ3v) is 7.25. The van der Waals surface area contributed by atoms with E-state index in [2.05, 4.69) is 25.8 Å². The van der Waals surface area contributed by atoms with E-state index in [0.717, 1.165) is 63.7 Å². The normalized spacial score (nSPS) is 19.2. The molecule has 2 fully saturated rings. The highest BCUT2D eigenvalue weighted by Crippen LogP contribution is 2.23. The molecule has 178 valence electrons. The minimum absolute atomic E-state index is 0.101. The van der Waals surface area contributed by atoms with Crippen LogP contribution in [0.2, 0.25) is 0 Å². The maximum atomic E-state index is 13.3. The van der Waals surface area contributed by atoms with E-state index in [1.54, 1.807) is 16.8 Å². The van der Waals surface area contributed by atoms with Crippen LogP contribution in [-0.2, 0) is 6.61 Å². The monoisotopic (exact) mass is 477 g/mol. The van der Waals surface area contributed by atoms with Crippen LogP contribution in [0.15, 0.2) is 59.6 Å². The van der Waals surface area contributed by atoms with Gasteiger partial charge in [-0.05, 0) is 49.1 Å². The van der Waals surface area contributed by atoms with Gasteiger partial charge in [0.25, 0.3) is 5.91 Å². The summed E-state index contributed by atoms with van der Waals surface area (Å²) in [6, 6.07) is 13.6. The topological polar surface area (TPSA) is 61.8 Å². The SMILES string of the molecule is O=C(c1cccc(OCc2cscn2)c1)N1CCCC(CN2CCN(c3ccccn3)CC2)C1. The van der Waals surface area contributed by atoms with Crippen LogP contribution < -0.4 is 9.64 Å². The highest BCUT2D eigenvalue weighted by Gasteiger charge is 2.27. The molecule has 34 heavy (non-hydrogen) atoms. The van der Waals surface area contributed by atoms with Crippen molar-refractivity contribution in [3.05, 3.63) is 70.8 Å². The third-order valence-electron chi connectivity index (χ3n) is 6.62. The Hall–Kier alpha value is -2.97. The third kappa shape index (κ3) is 5.74. The molecule has 0 N–H and O–H groups in total. The Balaban J connectivity index is 1.12. The molecule has 1 unspecified atom stereocenters. The molecule has 0 bridgehead atoms. The molecule has 0 spiro atoms. The Kier molecular flexibility index (Phi) is 7.36. The first kappa shape index (κ1) is 22.8. The number of ether oxygens (including phenoxy) is 1. The second-order valence-electron chi connectivity index (χ2n) is 9.03. The van der Waals surface area contributed by atoms with Crippen LogP contribution >= 0.6 is 11.3 Å². The van der Waals surface area contributed by atoms with Gasteiger partial charge in [0.05, 0.1) is 11.2 Å². The number of aromatic nitrogens is 2. The van der Waals surface area contributed by atoms with Gasteiger partial charge in [-0.15, -0.1) is 11.3 Å². The summed E-state index contributed by atoms with van der Waals surface area (Å²) in [7, 11) is 0. The van der Waals surface area contributed by atoms with Crippen LogP contribution in [0.3, 0.4) is 0 Å². The molecular weight excluding hydrogens is 446 g/mol. The summed E-state index contributed by atoms with van der Waals surface area (Å²) in [5.41, 5.74) is 3.40. The number of benzene rings is 1. The van der Waals surface area contributed by atoms with Crippen molar-refractivity contribution in [3.63, 3.8) is 0 Å². The largest absolute Gasteiger partial charge is 0.487 e. The average Bonchev–Trinajstić information content (AvgIpc) is 3.42. The Morgan fingerprint density at radius 1 is 1.06 bits per heavy atom. The number of anilines is 1. The Morgan fingerprint density at radius 3 is 2.76 bits per heavy atom. The molecule has 0 saturated carbocycles. The van der Waals surface area contributed by atoms with E-state index in [4.69, 9.17) is 4.74 Å². The average molecular weight is 478 g/mol. The molecule has 0 radical (unpaired) electrons. The zero-order valence-corrected chi connectivity index (χ0v) is 20.2. The van der Waals surface area contributed by atoms with Gasteiger partial charge in [-0.25, -0.2) is 9.97 Å². The van der Waals surface area contributed by atoms with Crippen molar-refractivity contribution in [1.82, 2.24) is 19.8 Å². The van der Waals surface area contributed by atoms with Crippen molar-refractivity contribution < 1.29 is 9.53 Å². The number of pyridine rings is 1. The summed E-state index contributed by atoms with van der Waals surface area (Å²) in [6.45, 7) is 7.20. The summed E-state index contributed by atoms with van der Waals surface area (Å²) in [6.07, 6.45) is 4.10. The molecule has 2 aliphatic rings. The molecule has 1 amide bonds. The summed E-state index contributed by atoms with van der Waals surface area (Å²) >= 11 is 1.55. The fraction of sp³-hybridized carbons (Fsp3) is 0.423. The van der Waals surface area contributed by atoms with Crippen LogP contribution in [-0.4, -0.2) is 71.5 Å². The lowest BCUT2D eigenvalue weighted by Gasteiger charge is -2.39. The van der Waals surface area contributed by atoms with Gasteiger partial charge in [0.1, 0.15) is 18.2 Å². The molecule has 3 aromatic rings. The number of piperidine rings is 1. The fourth-order valence-corrected chi connectivity index (χ4v) is 5.37. The number of hydrogen-bond acceptors (Lipinski definition) is 7. The predicted molar refractivity (Wildman–Crippen MR) is 134 cm³/mol. The zero-order chi connectivity index (χ0) is 23.2. The first-order valence-electron chi connectivity index (χ1n) is 12.0. The zero-order valence-electron chi connectivity index (χ0n) is 19.4. The van der Waals surface area contributed by atoms with E-state index in [-0.39, 0.29) is 5.91 Å². The lowest BCUT2D eigenvalue weighted by molar-refractivity contribution is 0.0636. The molecule has 1 atom stereocenters. The number of carbonyl (C=O) groups excluding carboxylic acids is 1. The minimum Gasteiger partial charge on any atom is -0.487 e. The maximum Gasteiger partial charge on any atom is 0.253 e. The molecule has 2 aliphatic heterocycles. The van der Waals surface area contributed by atoms with Gasteiger partial charge < -0.3 is 14.5 Å². The van der Waals surface area contributed by atoms with Crippen LogP contribution in [0.4, 0.5) is 5.82 Å². The fourth-order valence-electron chi connectivity index (χ4n) is 4.83. The number of hydrogen-bond donors (Lipinski definition) is 0. The van der Waals surface area contributed by atoms with E-state index in [1.165, 1.54) is 6.42 Å². The lowest BCUT2D eigenvalue weighted by atomic mass is 9.96. The summed E-state index contributed by atoms with van der Waals surface area (Å²) in [5, 5.41) is 1.97. The Bertz CT molecular complexity index is 1050. The number of likely N-dealkylation sites (tertiary alicyclic amines) is 1. The standard InChI is InChI=1S/C26H31N5O2S/c32-26(22-6-3-7-24(15-22)33-18-23-19-34-20-28-23)31-10-4-5-21(17-31)16-29-11-13-30(14-12-29)25-8-1-2-9-27-25/h1-3,6-9,15,19-21H,4-5,10-14,16-18H2. The van der Waals surface area contributed by atoms with E-state index in [1.807, 2.05) is 52.9 Å². The van der Waals surface area contributed by atoms with Gasteiger partial charge in [-0.2, -0.15) is 0 Å². The predicted octanol–water partition coefficient (Wildman–Crippen LogP) is 3.79. The van der Waals surface area contributed by atoms with E-state index < -0.39 is 0 Å². The molecule has 7 nitrogen and oxygen atoms in total. The highest BCUT2D eigenvalue weighted by atomic mass is 32.1. The molecule has 1 aromatic carbocycles. The highest BCUT2D eigenvalue weighted by molar-refractivity contribution is 7.07. The minimum atomic E-state index is 0.101. The van der Waals surface area contributed by atoms with E-state index >= 15 is 0 Å². The van der Waals surface area contributed by atoms with Gasteiger partial charge >= 0.3 is 0 Å². The molecule has 4 heterocycles. The van der Waals surface area contributed by atoms with Crippen LogP contribution in [0.5, 0.6) is 5.75 Å². The smallest absolute Gasteiger partial charge is 0.253 e. The number of carbonyl (C=O) groups is 1. The van der Waals surface area contributed by atoms with Gasteiger partial charge in [-0.1, -0.05) is 12.1 Å². The van der Waals surface area contributed by atoms with Crippen LogP contribution in [0.25, 0.3) is 0 Å². The number of rotatable bonds is 7. The maximum absolute atomic E-state index is 13.3. The van der Waals surface area contributed by atoms with Gasteiger partial charge in [0.2, 0.25) is 0 Å². The molecule has 0 aliphatic carbocycles. The first-order chi connectivity index (χ1) is 16.7. The van der Waals surface area contributed by atoms with Gasteiger partial charge in [0, 0.05) is 63.0 Å². The Morgan fingerprint density at radius 2 is 1.97 bits per heavy atom. The quantitative estimate of drug-likeness (QED) is 0.516. The number of nitrogens with zero attached hydrogens (tertiary/aromatic N) is 5. The molecule has 5 rings (SSSR count). The van der Waals surface area contributed by atoms with E-state index in [9.17, 15) is 4.79 Å². The van der Waals surface area contributed by atoms with Crippen molar-refractivity contribution in [2.24, 2.45) is 5.92 Å². The molecular formula is C26H31N5O2S. The van der Waals surface area contributed by atoms with Crippen LogP contribution in [0.1, 0.15) is 28.9 Å². The first-order valence-corrected chi connectivity index (χ1v) is 13.0. The van der Waals surface area contributed by atoms with Crippen molar-refractivity contribution in [3.8, 4) is 5.75 Å². The number of amides is 1. The van der Waals surface area contributed by atoms with E-state index in [0.29, 0.717) is 23.8 Å². The van der Waals surface area contributed by atoms with Gasteiger partial charge in [0.15, 0.2) is 0 Å². The van der Waals surface area contributed by atoms with Crippen molar-refractivity contribution >= 4 is 23.1 Å². The van der Waals surface area contributed by atoms with Crippen molar-refractivity contribution in [1.29, 1.82) is 0 Å². The summed E-state index contributed by atoms with van der Waals surface area (Å²) in [5.74, 6) is 2.39. The molecule has 8 heteroatoms. The number of thiazole rings is 1. The number of piperazine rings is 1. The van der Waals surface area contributed by atoms with Crippen molar-refractivity contribution in [2.45, 2.75) is 19.4 Å². The van der Waals surface area contributed by atoms with Gasteiger partial charge in [-0.3, -0.25) is 9.69 Å².